The Bertz CT molecular complexity index is 976. The molecule has 4 aliphatic rings. The highest BCUT2D eigenvalue weighted by molar-refractivity contribution is 6.21. The van der Waals surface area contributed by atoms with E-state index in [1.807, 2.05) is 12.2 Å². The van der Waals surface area contributed by atoms with E-state index in [-0.39, 0.29) is 30.9 Å². The van der Waals surface area contributed by atoms with Crippen molar-refractivity contribution in [1.82, 2.24) is 10.6 Å². The Labute approximate surface area is 200 Å². The standard InChI is InChI=1S/C27H34N2O5/c1-16-11-12-19-18-8-3-2-4-10-23(32)28-14-13-22(31)25-26(33)24(27(34)29-25)21(30)9-6-5-7-17(18)15-20(16)19/h2-5,7,10-12,16-20,22,25,31,33H,6,8-9,13-15H2,1H3,(H,28,32)(H,29,34)/b3-2+,7-5+,10-4+/t16-,17+,18-,19+,20+,22+,25-/m0/s1. The molecule has 2 bridgehead atoms. The van der Waals surface area contributed by atoms with Crippen LogP contribution in [-0.2, 0) is 14.4 Å². The summed E-state index contributed by atoms with van der Waals surface area (Å²) in [5.74, 6) is 0.810. The first-order valence-corrected chi connectivity index (χ1v) is 12.3. The van der Waals surface area contributed by atoms with Gasteiger partial charge in [-0.25, -0.2) is 0 Å². The van der Waals surface area contributed by atoms with Crippen LogP contribution in [0, 0.1) is 29.6 Å². The van der Waals surface area contributed by atoms with Gasteiger partial charge in [-0.15, -0.1) is 0 Å². The second-order valence-corrected chi connectivity index (χ2v) is 9.82. The molecule has 4 N–H and O–H groups in total. The van der Waals surface area contributed by atoms with Gasteiger partial charge >= 0.3 is 0 Å². The van der Waals surface area contributed by atoms with Gasteiger partial charge in [0, 0.05) is 19.0 Å². The molecular weight excluding hydrogens is 432 g/mol. The van der Waals surface area contributed by atoms with Gasteiger partial charge in [0.2, 0.25) is 5.91 Å². The Balaban J connectivity index is 1.52. The van der Waals surface area contributed by atoms with Gasteiger partial charge in [0.05, 0.1) is 6.10 Å². The summed E-state index contributed by atoms with van der Waals surface area (Å²) in [6.07, 6.45) is 17.7. The smallest absolute Gasteiger partial charge is 0.259 e. The van der Waals surface area contributed by atoms with Gasteiger partial charge < -0.3 is 20.8 Å². The van der Waals surface area contributed by atoms with Crippen LogP contribution in [0.4, 0.5) is 0 Å². The molecule has 2 amide bonds. The Hall–Kier alpha value is -2.93. The molecule has 7 atom stereocenters. The predicted octanol–water partition coefficient (Wildman–Crippen LogP) is 2.66. The molecule has 7 nitrogen and oxygen atoms in total. The minimum atomic E-state index is -1.13. The van der Waals surface area contributed by atoms with Crippen molar-refractivity contribution in [1.29, 1.82) is 0 Å². The van der Waals surface area contributed by atoms with Crippen molar-refractivity contribution < 1.29 is 24.6 Å². The third-order valence-corrected chi connectivity index (χ3v) is 7.69. The number of fused-ring (bicyclic) bond motifs is 4. The van der Waals surface area contributed by atoms with E-state index < -0.39 is 29.6 Å². The Morgan fingerprint density at radius 1 is 1.03 bits per heavy atom. The van der Waals surface area contributed by atoms with Crippen molar-refractivity contribution in [3.63, 3.8) is 0 Å². The number of ketones is 1. The molecule has 2 aliphatic carbocycles. The fourth-order valence-corrected chi connectivity index (χ4v) is 5.84. The highest BCUT2D eigenvalue weighted by atomic mass is 16.3. The number of hydrogen-bond donors (Lipinski definition) is 4. The van der Waals surface area contributed by atoms with Gasteiger partial charge in [-0.1, -0.05) is 49.5 Å². The van der Waals surface area contributed by atoms with Crippen molar-refractivity contribution in [2.45, 2.75) is 51.2 Å². The molecule has 2 aliphatic heterocycles. The number of Topliss-reactive ketones (excluding diaryl/α,β-unsaturated/α-hetero) is 1. The Morgan fingerprint density at radius 3 is 2.68 bits per heavy atom. The third-order valence-electron chi connectivity index (χ3n) is 7.69. The van der Waals surface area contributed by atoms with Crippen molar-refractivity contribution in [2.24, 2.45) is 29.6 Å². The molecule has 0 radical (unpaired) electrons. The second kappa shape index (κ2) is 10.6. The summed E-state index contributed by atoms with van der Waals surface area (Å²) in [7, 11) is 0. The van der Waals surface area contributed by atoms with Crippen LogP contribution in [0.5, 0.6) is 0 Å². The van der Waals surface area contributed by atoms with Crippen molar-refractivity contribution in [3.8, 4) is 0 Å². The highest BCUT2D eigenvalue weighted by Gasteiger charge is 2.44. The fraction of sp³-hybridized carbons (Fsp3) is 0.519. The van der Waals surface area contributed by atoms with E-state index >= 15 is 0 Å². The lowest BCUT2D eigenvalue weighted by molar-refractivity contribution is -0.122. The van der Waals surface area contributed by atoms with E-state index in [9.17, 15) is 24.6 Å². The number of allylic oxidation sites excluding steroid dienone is 7. The molecule has 4 rings (SSSR count). The van der Waals surface area contributed by atoms with Crippen LogP contribution in [0.15, 0.2) is 59.9 Å². The van der Waals surface area contributed by atoms with Gasteiger partial charge in [-0.05, 0) is 55.3 Å². The number of carbonyl (C=O) groups is 3. The molecule has 0 spiro atoms. The lowest BCUT2D eigenvalue weighted by Gasteiger charge is -2.20. The number of rotatable bonds is 0. The van der Waals surface area contributed by atoms with E-state index in [2.05, 4.69) is 41.9 Å². The molecule has 7 heteroatoms. The van der Waals surface area contributed by atoms with Crippen molar-refractivity contribution >= 4 is 17.6 Å². The third kappa shape index (κ3) is 5.09. The summed E-state index contributed by atoms with van der Waals surface area (Å²) in [5, 5.41) is 26.0. The zero-order chi connectivity index (χ0) is 24.2. The van der Waals surface area contributed by atoms with Crippen LogP contribution in [0.3, 0.4) is 0 Å². The maximum Gasteiger partial charge on any atom is 0.259 e. The molecular formula is C27H34N2O5. The van der Waals surface area contributed by atoms with Crippen molar-refractivity contribution in [2.75, 3.05) is 6.54 Å². The summed E-state index contributed by atoms with van der Waals surface area (Å²) >= 11 is 0. The van der Waals surface area contributed by atoms with Gasteiger partial charge in [-0.3, -0.25) is 14.4 Å². The molecule has 2 heterocycles. The summed E-state index contributed by atoms with van der Waals surface area (Å²) < 4.78 is 0. The lowest BCUT2D eigenvalue weighted by atomic mass is 9.85. The first-order chi connectivity index (χ1) is 16.4. The van der Waals surface area contributed by atoms with Gasteiger partial charge in [0.1, 0.15) is 17.4 Å². The zero-order valence-electron chi connectivity index (χ0n) is 19.5. The largest absolute Gasteiger partial charge is 0.509 e. The van der Waals surface area contributed by atoms with Gasteiger partial charge in [0.25, 0.3) is 5.91 Å². The maximum atomic E-state index is 12.7. The van der Waals surface area contributed by atoms with Crippen LogP contribution in [-0.4, -0.2) is 46.5 Å². The number of aliphatic hydroxyl groups excluding tert-OH is 2. The maximum absolute atomic E-state index is 12.7. The molecule has 182 valence electrons. The van der Waals surface area contributed by atoms with E-state index in [4.69, 9.17) is 0 Å². The normalized spacial score (nSPS) is 39.7. The first kappa shape index (κ1) is 24.2. The van der Waals surface area contributed by atoms with E-state index in [0.29, 0.717) is 36.0 Å². The highest BCUT2D eigenvalue weighted by Crippen LogP contribution is 2.51. The average molecular weight is 467 g/mol. The van der Waals surface area contributed by atoms with Crippen LogP contribution < -0.4 is 10.6 Å². The van der Waals surface area contributed by atoms with Crippen LogP contribution in [0.2, 0.25) is 0 Å². The van der Waals surface area contributed by atoms with E-state index in [1.54, 1.807) is 6.08 Å². The van der Waals surface area contributed by atoms with Crippen LogP contribution in [0.25, 0.3) is 0 Å². The fourth-order valence-electron chi connectivity index (χ4n) is 5.84. The Kier molecular flexibility index (Phi) is 7.51. The number of carbonyl (C=O) groups excluding carboxylic acids is 3. The molecule has 0 aromatic heterocycles. The molecule has 34 heavy (non-hydrogen) atoms. The SMILES string of the molecule is C[C@H]1C=C[C@@H]2[C@H]3C/C=C/C=C/C(=O)NCC[C@@H](O)[C@@H]4NC(=O)C(=C4O)C(=O)CC/C=C/[C@@H]3C[C@@H]21. The van der Waals surface area contributed by atoms with Crippen molar-refractivity contribution in [3.05, 3.63) is 59.9 Å². The summed E-state index contributed by atoms with van der Waals surface area (Å²) in [5.41, 5.74) is -0.267. The minimum absolute atomic E-state index is 0.117. The Morgan fingerprint density at radius 2 is 1.85 bits per heavy atom. The van der Waals surface area contributed by atoms with Gasteiger partial charge in [0.15, 0.2) is 5.78 Å². The molecule has 0 aromatic rings. The number of amides is 2. The summed E-state index contributed by atoms with van der Waals surface area (Å²) in [4.78, 5) is 37.0. The second-order valence-electron chi connectivity index (χ2n) is 9.82. The number of nitrogens with one attached hydrogen (secondary N) is 2. The zero-order valence-corrected chi connectivity index (χ0v) is 19.5. The molecule has 0 aromatic carbocycles. The molecule has 1 saturated carbocycles. The molecule has 1 fully saturated rings. The molecule has 0 saturated heterocycles. The molecule has 0 unspecified atom stereocenters. The quantitative estimate of drug-likeness (QED) is 0.324. The van der Waals surface area contributed by atoms with Crippen LogP contribution in [0.1, 0.15) is 39.0 Å². The lowest BCUT2D eigenvalue weighted by Crippen LogP contribution is -2.41. The van der Waals surface area contributed by atoms with E-state index in [0.717, 1.165) is 12.8 Å². The minimum Gasteiger partial charge on any atom is -0.509 e. The number of aliphatic hydroxyl groups is 2. The average Bonchev–Trinajstić information content (AvgIpc) is 3.43. The summed E-state index contributed by atoms with van der Waals surface area (Å²) in [6.45, 7) is 2.43. The van der Waals surface area contributed by atoms with Gasteiger partial charge in [-0.2, -0.15) is 0 Å². The first-order valence-electron chi connectivity index (χ1n) is 12.3. The van der Waals surface area contributed by atoms with Crippen LogP contribution >= 0.6 is 0 Å². The number of hydrogen-bond acceptors (Lipinski definition) is 5. The topological polar surface area (TPSA) is 116 Å². The summed E-state index contributed by atoms with van der Waals surface area (Å²) in [6, 6.07) is -1.04. The monoisotopic (exact) mass is 466 g/mol. The predicted molar refractivity (Wildman–Crippen MR) is 128 cm³/mol. The van der Waals surface area contributed by atoms with E-state index in [1.165, 1.54) is 6.08 Å².